The van der Waals surface area contributed by atoms with Crippen LogP contribution in [0.2, 0.25) is 0 Å². The molecule has 0 amide bonds. The number of nitrogens with two attached hydrogens (primary N) is 1. The van der Waals surface area contributed by atoms with Gasteiger partial charge in [-0.3, -0.25) is 9.98 Å². The lowest BCUT2D eigenvalue weighted by atomic mass is 9.85. The summed E-state index contributed by atoms with van der Waals surface area (Å²) in [5.41, 5.74) is 11.6. The quantitative estimate of drug-likeness (QED) is 0.629. The highest BCUT2D eigenvalue weighted by Crippen LogP contribution is 2.33. The monoisotopic (exact) mass is 319 g/mol. The first-order valence-electron chi connectivity index (χ1n) is 8.70. The van der Waals surface area contributed by atoms with Crippen LogP contribution in [0.3, 0.4) is 0 Å². The van der Waals surface area contributed by atoms with Crippen LogP contribution in [0.5, 0.6) is 0 Å². The molecule has 0 radical (unpaired) electrons. The Morgan fingerprint density at radius 1 is 1.17 bits per heavy atom. The number of para-hydroxylation sites is 1. The Bertz CT molecular complexity index is 755. The third kappa shape index (κ3) is 3.73. The molecule has 0 bridgehead atoms. The SMILES string of the molecule is C=C(N=Cc1ccccc1N)c1ccc(C)c(C2CCCCC2)n1. The van der Waals surface area contributed by atoms with Gasteiger partial charge < -0.3 is 5.73 Å². The van der Waals surface area contributed by atoms with Crippen LogP contribution >= 0.6 is 0 Å². The fourth-order valence-electron chi connectivity index (χ4n) is 3.34. The van der Waals surface area contributed by atoms with E-state index in [4.69, 9.17) is 10.7 Å². The van der Waals surface area contributed by atoms with Crippen molar-refractivity contribution in [3.8, 4) is 0 Å². The molecular formula is C21H25N3. The van der Waals surface area contributed by atoms with Gasteiger partial charge in [0, 0.05) is 29.1 Å². The zero-order valence-corrected chi connectivity index (χ0v) is 14.3. The number of aryl methyl sites for hydroxylation is 1. The lowest BCUT2D eigenvalue weighted by Gasteiger charge is -2.23. The molecule has 24 heavy (non-hydrogen) atoms. The third-order valence-corrected chi connectivity index (χ3v) is 4.78. The first-order chi connectivity index (χ1) is 11.6. The van der Waals surface area contributed by atoms with Gasteiger partial charge in [0.1, 0.15) is 0 Å². The van der Waals surface area contributed by atoms with E-state index in [1.165, 1.54) is 43.4 Å². The Balaban J connectivity index is 1.81. The molecule has 2 aromatic rings. The maximum Gasteiger partial charge on any atom is 0.0883 e. The molecule has 1 fully saturated rings. The van der Waals surface area contributed by atoms with Gasteiger partial charge in [-0.2, -0.15) is 0 Å². The van der Waals surface area contributed by atoms with E-state index >= 15 is 0 Å². The molecule has 1 aromatic heterocycles. The lowest BCUT2D eigenvalue weighted by molar-refractivity contribution is 0.435. The minimum absolute atomic E-state index is 0.584. The van der Waals surface area contributed by atoms with Crippen molar-refractivity contribution in [3.05, 3.63) is 65.5 Å². The second-order valence-corrected chi connectivity index (χ2v) is 6.57. The van der Waals surface area contributed by atoms with Gasteiger partial charge in [-0.05, 0) is 37.5 Å². The summed E-state index contributed by atoms with van der Waals surface area (Å²) < 4.78 is 0. The van der Waals surface area contributed by atoms with Crippen LogP contribution in [-0.2, 0) is 0 Å². The molecule has 3 rings (SSSR count). The number of nitrogens with zero attached hydrogens (tertiary/aromatic N) is 2. The van der Waals surface area contributed by atoms with Crippen molar-refractivity contribution >= 4 is 17.6 Å². The van der Waals surface area contributed by atoms with Crippen molar-refractivity contribution in [2.45, 2.75) is 44.9 Å². The van der Waals surface area contributed by atoms with E-state index in [0.29, 0.717) is 17.3 Å². The topological polar surface area (TPSA) is 51.3 Å². The molecular weight excluding hydrogens is 294 g/mol. The second-order valence-electron chi connectivity index (χ2n) is 6.57. The molecule has 1 aromatic carbocycles. The highest BCUT2D eigenvalue weighted by atomic mass is 14.8. The Morgan fingerprint density at radius 3 is 2.67 bits per heavy atom. The fraction of sp³-hybridized carbons (Fsp3) is 0.333. The third-order valence-electron chi connectivity index (χ3n) is 4.78. The number of benzene rings is 1. The summed E-state index contributed by atoms with van der Waals surface area (Å²) in [5, 5.41) is 0. The molecule has 0 atom stereocenters. The van der Waals surface area contributed by atoms with E-state index in [1.807, 2.05) is 30.3 Å². The van der Waals surface area contributed by atoms with Crippen LogP contribution in [0.1, 0.15) is 60.5 Å². The van der Waals surface area contributed by atoms with Crippen LogP contribution in [0, 0.1) is 6.92 Å². The van der Waals surface area contributed by atoms with Gasteiger partial charge in [0.25, 0.3) is 0 Å². The average molecular weight is 319 g/mol. The standard InChI is InChI=1S/C21H25N3/c1-15-12-13-20(24-21(15)17-8-4-3-5-9-17)16(2)23-14-18-10-6-7-11-19(18)22/h6-7,10-14,17H,2-5,8-9,22H2,1H3. The van der Waals surface area contributed by atoms with E-state index in [-0.39, 0.29) is 0 Å². The van der Waals surface area contributed by atoms with Crippen LogP contribution in [0.15, 0.2) is 48.0 Å². The highest BCUT2D eigenvalue weighted by Gasteiger charge is 2.19. The molecule has 2 N–H and O–H groups in total. The Kier molecular flexibility index (Phi) is 5.09. The average Bonchev–Trinajstić information content (AvgIpc) is 2.62. The largest absolute Gasteiger partial charge is 0.398 e. The van der Waals surface area contributed by atoms with Crippen molar-refractivity contribution in [1.82, 2.24) is 4.98 Å². The van der Waals surface area contributed by atoms with Crippen LogP contribution in [0.4, 0.5) is 5.69 Å². The molecule has 3 heteroatoms. The van der Waals surface area contributed by atoms with Crippen LogP contribution in [-0.4, -0.2) is 11.2 Å². The van der Waals surface area contributed by atoms with E-state index in [9.17, 15) is 0 Å². The molecule has 0 aliphatic heterocycles. The number of hydrogen-bond donors (Lipinski definition) is 1. The Hall–Kier alpha value is -2.42. The number of aromatic nitrogens is 1. The van der Waals surface area contributed by atoms with E-state index in [1.54, 1.807) is 6.21 Å². The normalized spacial score (nSPS) is 15.7. The summed E-state index contributed by atoms with van der Waals surface area (Å²) in [6, 6.07) is 11.8. The van der Waals surface area contributed by atoms with E-state index in [0.717, 1.165) is 11.3 Å². The molecule has 0 unspecified atom stereocenters. The molecule has 0 spiro atoms. The maximum absolute atomic E-state index is 5.95. The minimum Gasteiger partial charge on any atom is -0.398 e. The molecule has 1 aliphatic carbocycles. The number of anilines is 1. The first kappa shape index (κ1) is 16.4. The second kappa shape index (κ2) is 7.43. The van der Waals surface area contributed by atoms with Gasteiger partial charge in [0.2, 0.25) is 0 Å². The minimum atomic E-state index is 0.584. The Labute approximate surface area is 144 Å². The number of hydrogen-bond acceptors (Lipinski definition) is 3. The van der Waals surface area contributed by atoms with Crippen molar-refractivity contribution in [2.24, 2.45) is 4.99 Å². The predicted molar refractivity (Wildman–Crippen MR) is 102 cm³/mol. The van der Waals surface area contributed by atoms with Crippen LogP contribution < -0.4 is 5.73 Å². The summed E-state index contributed by atoms with van der Waals surface area (Å²) in [5.74, 6) is 0.584. The van der Waals surface area contributed by atoms with E-state index < -0.39 is 0 Å². The van der Waals surface area contributed by atoms with Crippen molar-refractivity contribution in [3.63, 3.8) is 0 Å². The molecule has 3 nitrogen and oxygen atoms in total. The van der Waals surface area contributed by atoms with Gasteiger partial charge in [-0.15, -0.1) is 0 Å². The summed E-state index contributed by atoms with van der Waals surface area (Å²) in [4.78, 5) is 9.37. The smallest absolute Gasteiger partial charge is 0.0883 e. The molecule has 124 valence electrons. The molecule has 1 aliphatic rings. The zero-order chi connectivity index (χ0) is 16.9. The van der Waals surface area contributed by atoms with Crippen molar-refractivity contribution in [1.29, 1.82) is 0 Å². The predicted octanol–water partition coefficient (Wildman–Crippen LogP) is 5.11. The Morgan fingerprint density at radius 2 is 1.92 bits per heavy atom. The van der Waals surface area contributed by atoms with Crippen molar-refractivity contribution < 1.29 is 0 Å². The fourth-order valence-corrected chi connectivity index (χ4v) is 3.34. The van der Waals surface area contributed by atoms with Gasteiger partial charge in [-0.25, -0.2) is 0 Å². The summed E-state index contributed by atoms with van der Waals surface area (Å²) in [6.45, 7) is 6.23. The lowest BCUT2D eigenvalue weighted by Crippen LogP contribution is -2.09. The zero-order valence-electron chi connectivity index (χ0n) is 14.3. The number of nitrogen functional groups attached to an aromatic ring is 1. The molecule has 0 saturated heterocycles. The summed E-state index contributed by atoms with van der Waals surface area (Å²) >= 11 is 0. The van der Waals surface area contributed by atoms with Gasteiger partial charge in [-0.1, -0.05) is 50.1 Å². The first-order valence-corrected chi connectivity index (χ1v) is 8.70. The molecule has 1 heterocycles. The van der Waals surface area contributed by atoms with E-state index in [2.05, 4.69) is 24.6 Å². The number of pyridine rings is 1. The van der Waals surface area contributed by atoms with Gasteiger partial charge in [0.05, 0.1) is 11.4 Å². The molecule has 1 saturated carbocycles. The number of aliphatic imine (C=N–C) groups is 1. The van der Waals surface area contributed by atoms with Gasteiger partial charge >= 0.3 is 0 Å². The van der Waals surface area contributed by atoms with Gasteiger partial charge in [0.15, 0.2) is 0 Å². The summed E-state index contributed by atoms with van der Waals surface area (Å²) in [6.07, 6.45) is 8.22. The van der Waals surface area contributed by atoms with Crippen molar-refractivity contribution in [2.75, 3.05) is 5.73 Å². The number of rotatable bonds is 4. The summed E-state index contributed by atoms with van der Waals surface area (Å²) in [7, 11) is 0. The highest BCUT2D eigenvalue weighted by molar-refractivity contribution is 5.90. The maximum atomic E-state index is 5.95. The van der Waals surface area contributed by atoms with Crippen LogP contribution in [0.25, 0.3) is 5.70 Å².